The summed E-state index contributed by atoms with van der Waals surface area (Å²) in [6, 6.07) is 6.77. The van der Waals surface area contributed by atoms with Crippen LogP contribution in [0.2, 0.25) is 5.02 Å². The van der Waals surface area contributed by atoms with Gasteiger partial charge >= 0.3 is 6.18 Å². The van der Waals surface area contributed by atoms with Crippen LogP contribution < -0.4 is 0 Å². The minimum absolute atomic E-state index is 0.329. The van der Waals surface area contributed by atoms with E-state index in [1.165, 1.54) is 23.5 Å². The molecule has 0 aliphatic heterocycles. The summed E-state index contributed by atoms with van der Waals surface area (Å²) < 4.78 is 37.2. The molecular formula is C13H9Cl2F3S. The van der Waals surface area contributed by atoms with E-state index in [0.29, 0.717) is 11.4 Å². The molecule has 0 fully saturated rings. The summed E-state index contributed by atoms with van der Waals surface area (Å²) in [5, 5.41) is 2.10. The van der Waals surface area contributed by atoms with Gasteiger partial charge in [0.1, 0.15) is 0 Å². The molecular weight excluding hydrogens is 316 g/mol. The summed E-state index contributed by atoms with van der Waals surface area (Å²) in [5.41, 5.74) is 0.0917. The first-order valence-electron chi connectivity index (χ1n) is 5.41. The Balaban J connectivity index is 2.10. The third-order valence-corrected chi connectivity index (χ3v) is 4.60. The standard InChI is InChI=1S/C13H9Cl2F3S/c14-10-5-6-19-12(10)11(15)7-8-1-3-9(4-2-8)13(16,17)18/h1-6,11H,7H2. The molecule has 0 N–H and O–H groups in total. The van der Waals surface area contributed by atoms with E-state index in [9.17, 15) is 13.2 Å². The van der Waals surface area contributed by atoms with E-state index in [1.807, 2.05) is 5.38 Å². The van der Waals surface area contributed by atoms with Crippen molar-refractivity contribution in [3.8, 4) is 0 Å². The van der Waals surface area contributed by atoms with Crippen molar-refractivity contribution in [2.24, 2.45) is 0 Å². The second-order valence-electron chi connectivity index (χ2n) is 4.00. The topological polar surface area (TPSA) is 0 Å². The van der Waals surface area contributed by atoms with Crippen LogP contribution in [0, 0.1) is 0 Å². The summed E-state index contributed by atoms with van der Waals surface area (Å²) in [6.07, 6.45) is -3.87. The first-order valence-corrected chi connectivity index (χ1v) is 7.10. The number of benzene rings is 1. The fourth-order valence-corrected chi connectivity index (χ4v) is 3.33. The molecule has 1 atom stereocenters. The zero-order valence-electron chi connectivity index (χ0n) is 9.55. The van der Waals surface area contributed by atoms with Crippen molar-refractivity contribution in [2.75, 3.05) is 0 Å². The van der Waals surface area contributed by atoms with E-state index in [2.05, 4.69) is 0 Å². The molecule has 19 heavy (non-hydrogen) atoms. The molecule has 1 aromatic heterocycles. The maximum Gasteiger partial charge on any atom is 0.416 e. The second kappa shape index (κ2) is 5.73. The van der Waals surface area contributed by atoms with Crippen LogP contribution in [0.4, 0.5) is 13.2 Å². The fourth-order valence-electron chi connectivity index (χ4n) is 1.66. The van der Waals surface area contributed by atoms with Crippen LogP contribution in [0.1, 0.15) is 21.4 Å². The Hall–Kier alpha value is -0.710. The highest BCUT2D eigenvalue weighted by molar-refractivity contribution is 7.11. The highest BCUT2D eigenvalue weighted by Crippen LogP contribution is 2.35. The number of hydrogen-bond acceptors (Lipinski definition) is 1. The SMILES string of the molecule is FC(F)(F)c1ccc(CC(Cl)c2sccc2Cl)cc1. The minimum atomic E-state index is -4.31. The van der Waals surface area contributed by atoms with E-state index >= 15 is 0 Å². The van der Waals surface area contributed by atoms with Gasteiger partial charge in [0.2, 0.25) is 0 Å². The van der Waals surface area contributed by atoms with Gasteiger partial charge in [-0.3, -0.25) is 0 Å². The van der Waals surface area contributed by atoms with Crippen molar-refractivity contribution in [2.45, 2.75) is 18.0 Å². The Morgan fingerprint density at radius 3 is 2.21 bits per heavy atom. The third kappa shape index (κ3) is 3.65. The lowest BCUT2D eigenvalue weighted by Gasteiger charge is -2.10. The summed E-state index contributed by atoms with van der Waals surface area (Å²) in [4.78, 5) is 0.836. The van der Waals surface area contributed by atoms with E-state index in [0.717, 1.165) is 22.6 Å². The Bertz CT molecular complexity index is 546. The average Bonchev–Trinajstić information content (AvgIpc) is 2.75. The van der Waals surface area contributed by atoms with Gasteiger partial charge in [0, 0.05) is 4.88 Å². The van der Waals surface area contributed by atoms with E-state index in [4.69, 9.17) is 23.2 Å². The fraction of sp³-hybridized carbons (Fsp3) is 0.231. The number of halogens is 5. The van der Waals surface area contributed by atoms with Crippen molar-refractivity contribution in [1.82, 2.24) is 0 Å². The Labute approximate surface area is 122 Å². The summed E-state index contributed by atoms with van der Waals surface area (Å²) in [7, 11) is 0. The van der Waals surface area contributed by atoms with Gasteiger partial charge in [0.15, 0.2) is 0 Å². The second-order valence-corrected chi connectivity index (χ2v) is 5.88. The van der Waals surface area contributed by atoms with Crippen molar-refractivity contribution < 1.29 is 13.2 Å². The predicted octanol–water partition coefficient (Wildman–Crippen LogP) is 5.94. The molecule has 0 aliphatic rings. The van der Waals surface area contributed by atoms with Gasteiger partial charge in [-0.2, -0.15) is 13.2 Å². The number of thiophene rings is 1. The predicted molar refractivity (Wildman–Crippen MR) is 73.1 cm³/mol. The van der Waals surface area contributed by atoms with Crippen LogP contribution in [0.3, 0.4) is 0 Å². The molecule has 0 bridgehead atoms. The molecule has 1 unspecified atom stereocenters. The molecule has 2 aromatic rings. The van der Waals surface area contributed by atoms with Crippen LogP contribution in [0.15, 0.2) is 35.7 Å². The molecule has 6 heteroatoms. The van der Waals surface area contributed by atoms with Gasteiger partial charge in [-0.15, -0.1) is 22.9 Å². The molecule has 2 rings (SSSR count). The smallest absolute Gasteiger partial charge is 0.166 e. The van der Waals surface area contributed by atoms with Crippen molar-refractivity contribution >= 4 is 34.5 Å². The molecule has 1 aromatic carbocycles. The normalized spacial score (nSPS) is 13.5. The van der Waals surface area contributed by atoms with Crippen molar-refractivity contribution in [1.29, 1.82) is 0 Å². The van der Waals surface area contributed by atoms with Gasteiger partial charge in [0.25, 0.3) is 0 Å². The van der Waals surface area contributed by atoms with Crippen LogP contribution in [-0.4, -0.2) is 0 Å². The Kier molecular flexibility index (Phi) is 4.43. The van der Waals surface area contributed by atoms with Crippen LogP contribution >= 0.6 is 34.5 Å². The zero-order chi connectivity index (χ0) is 14.0. The lowest BCUT2D eigenvalue weighted by Crippen LogP contribution is -2.04. The maximum atomic E-state index is 12.4. The summed E-state index contributed by atoms with van der Waals surface area (Å²) >= 11 is 13.6. The average molecular weight is 325 g/mol. The van der Waals surface area contributed by atoms with Gasteiger partial charge in [-0.1, -0.05) is 23.7 Å². The molecule has 0 aliphatic carbocycles. The third-order valence-electron chi connectivity index (χ3n) is 2.63. The minimum Gasteiger partial charge on any atom is -0.166 e. The number of alkyl halides is 4. The first-order chi connectivity index (χ1) is 8.88. The largest absolute Gasteiger partial charge is 0.416 e. The monoisotopic (exact) mass is 324 g/mol. The van der Waals surface area contributed by atoms with Gasteiger partial charge in [-0.25, -0.2) is 0 Å². The Morgan fingerprint density at radius 1 is 1.11 bits per heavy atom. The van der Waals surface area contributed by atoms with Crippen LogP contribution in [0.25, 0.3) is 0 Å². The van der Waals surface area contributed by atoms with E-state index in [1.54, 1.807) is 6.07 Å². The molecule has 0 amide bonds. The van der Waals surface area contributed by atoms with Crippen LogP contribution in [0.5, 0.6) is 0 Å². The van der Waals surface area contributed by atoms with Crippen LogP contribution in [-0.2, 0) is 12.6 Å². The molecule has 102 valence electrons. The van der Waals surface area contributed by atoms with Crippen molar-refractivity contribution in [3.05, 3.63) is 56.7 Å². The highest BCUT2D eigenvalue weighted by Gasteiger charge is 2.30. The maximum absolute atomic E-state index is 12.4. The van der Waals surface area contributed by atoms with Crippen molar-refractivity contribution in [3.63, 3.8) is 0 Å². The summed E-state index contributed by atoms with van der Waals surface area (Å²) in [5.74, 6) is 0. The first kappa shape index (κ1) is 14.7. The Morgan fingerprint density at radius 2 is 1.74 bits per heavy atom. The number of hydrogen-bond donors (Lipinski definition) is 0. The zero-order valence-corrected chi connectivity index (χ0v) is 11.9. The lowest BCUT2D eigenvalue weighted by atomic mass is 10.1. The highest BCUT2D eigenvalue weighted by atomic mass is 35.5. The molecule has 0 saturated carbocycles. The van der Waals surface area contributed by atoms with Gasteiger partial charge < -0.3 is 0 Å². The lowest BCUT2D eigenvalue weighted by molar-refractivity contribution is -0.137. The van der Waals surface area contributed by atoms with Gasteiger partial charge in [-0.05, 0) is 35.6 Å². The van der Waals surface area contributed by atoms with Gasteiger partial charge in [0.05, 0.1) is 16.0 Å². The molecule has 0 spiro atoms. The van der Waals surface area contributed by atoms with E-state index in [-0.39, 0.29) is 5.38 Å². The van der Waals surface area contributed by atoms with E-state index < -0.39 is 11.7 Å². The molecule has 0 radical (unpaired) electrons. The quantitative estimate of drug-likeness (QED) is 0.612. The molecule has 1 heterocycles. The summed E-state index contributed by atoms with van der Waals surface area (Å²) in [6.45, 7) is 0. The molecule has 0 nitrogen and oxygen atoms in total. The number of rotatable bonds is 3. The molecule has 0 saturated heterocycles.